The van der Waals surface area contributed by atoms with Crippen LogP contribution in [0, 0.1) is 0 Å². The summed E-state index contributed by atoms with van der Waals surface area (Å²) in [5.41, 5.74) is 5.14. The van der Waals surface area contributed by atoms with Gasteiger partial charge in [0.1, 0.15) is 23.4 Å². The van der Waals surface area contributed by atoms with Gasteiger partial charge < -0.3 is 19.9 Å². The number of imidazole rings is 1. The van der Waals surface area contributed by atoms with Crippen LogP contribution in [0.25, 0.3) is 0 Å². The minimum Gasteiger partial charge on any atom is -0.367 e. The monoisotopic (exact) mass is 342 g/mol. The topological polar surface area (TPSA) is 116 Å². The summed E-state index contributed by atoms with van der Waals surface area (Å²) in [5.74, 6) is 0.167. The average Bonchev–Trinajstić information content (AvgIpc) is 3.12. The summed E-state index contributed by atoms with van der Waals surface area (Å²) in [6.45, 7) is 1.35. The van der Waals surface area contributed by atoms with Crippen LogP contribution in [0.3, 0.4) is 0 Å². The SMILES string of the molecule is NC(=O)[C@H]1Cn2ccnc2C2(CCN(C(=O)c3ccncn3)CC2)O1. The second kappa shape index (κ2) is 5.92. The molecule has 2 amide bonds. The van der Waals surface area contributed by atoms with Crippen LogP contribution in [-0.4, -0.2) is 55.4 Å². The number of likely N-dealkylation sites (tertiary alicyclic amines) is 1. The lowest BCUT2D eigenvalue weighted by Gasteiger charge is -2.45. The van der Waals surface area contributed by atoms with Gasteiger partial charge in [0.25, 0.3) is 5.91 Å². The van der Waals surface area contributed by atoms with Crippen molar-refractivity contribution in [3.8, 4) is 0 Å². The average molecular weight is 342 g/mol. The van der Waals surface area contributed by atoms with Gasteiger partial charge in [0.2, 0.25) is 5.91 Å². The Balaban J connectivity index is 1.55. The number of ether oxygens (including phenoxy) is 1. The molecule has 25 heavy (non-hydrogen) atoms. The molecule has 1 saturated heterocycles. The van der Waals surface area contributed by atoms with Gasteiger partial charge in [0.05, 0.1) is 6.54 Å². The minimum absolute atomic E-state index is 0.136. The maximum absolute atomic E-state index is 12.5. The number of hydrogen-bond donors (Lipinski definition) is 1. The summed E-state index contributed by atoms with van der Waals surface area (Å²) < 4.78 is 7.99. The third-order valence-electron chi connectivity index (χ3n) is 4.83. The highest BCUT2D eigenvalue weighted by molar-refractivity contribution is 5.92. The van der Waals surface area contributed by atoms with Crippen LogP contribution in [0.4, 0.5) is 0 Å². The van der Waals surface area contributed by atoms with Crippen molar-refractivity contribution in [2.45, 2.75) is 31.1 Å². The molecule has 2 aliphatic rings. The third-order valence-corrected chi connectivity index (χ3v) is 4.83. The van der Waals surface area contributed by atoms with Crippen molar-refractivity contribution in [1.29, 1.82) is 0 Å². The van der Waals surface area contributed by atoms with Crippen LogP contribution in [0.5, 0.6) is 0 Å². The molecule has 2 aromatic heterocycles. The predicted molar refractivity (Wildman–Crippen MR) is 85.1 cm³/mol. The molecule has 9 heteroatoms. The van der Waals surface area contributed by atoms with Crippen molar-refractivity contribution in [3.05, 3.63) is 42.5 Å². The Morgan fingerprint density at radius 3 is 2.72 bits per heavy atom. The van der Waals surface area contributed by atoms with E-state index in [4.69, 9.17) is 10.5 Å². The van der Waals surface area contributed by atoms with E-state index in [1.807, 2.05) is 10.8 Å². The fourth-order valence-electron chi connectivity index (χ4n) is 3.54. The van der Waals surface area contributed by atoms with Crippen LogP contribution in [0.1, 0.15) is 29.2 Å². The summed E-state index contributed by atoms with van der Waals surface area (Å²) in [6, 6.07) is 1.60. The lowest BCUT2D eigenvalue weighted by Crippen LogP contribution is -2.54. The summed E-state index contributed by atoms with van der Waals surface area (Å²) in [5, 5.41) is 0. The van der Waals surface area contributed by atoms with E-state index in [1.165, 1.54) is 6.33 Å². The summed E-state index contributed by atoms with van der Waals surface area (Å²) in [4.78, 5) is 38.2. The number of piperidine rings is 1. The molecule has 2 aliphatic heterocycles. The van der Waals surface area contributed by atoms with Crippen LogP contribution in [-0.2, 0) is 21.7 Å². The van der Waals surface area contributed by atoms with Crippen LogP contribution in [0.15, 0.2) is 31.0 Å². The Kier molecular flexibility index (Phi) is 3.72. The molecule has 0 aliphatic carbocycles. The van der Waals surface area contributed by atoms with Gasteiger partial charge in [0.15, 0.2) is 6.10 Å². The van der Waals surface area contributed by atoms with E-state index in [0.29, 0.717) is 38.2 Å². The molecule has 0 radical (unpaired) electrons. The molecule has 0 unspecified atom stereocenters. The molecule has 2 N–H and O–H groups in total. The molecule has 0 saturated carbocycles. The molecule has 1 spiro atoms. The van der Waals surface area contributed by atoms with Gasteiger partial charge in [-0.25, -0.2) is 15.0 Å². The first kappa shape index (κ1) is 15.7. The Bertz CT molecular complexity index is 797. The standard InChI is InChI=1S/C16H18N6O3/c17-13(23)12-9-22-8-5-19-15(22)16(25-12)2-6-21(7-3-16)14(24)11-1-4-18-10-20-11/h1,4-5,8,10,12H,2-3,6-7,9H2,(H2,17,23)/t12-/m1/s1. The van der Waals surface area contributed by atoms with Crippen molar-refractivity contribution in [3.63, 3.8) is 0 Å². The van der Waals surface area contributed by atoms with Crippen molar-refractivity contribution in [2.24, 2.45) is 5.73 Å². The Labute approximate surface area is 143 Å². The van der Waals surface area contributed by atoms with Crippen molar-refractivity contribution in [2.75, 3.05) is 13.1 Å². The lowest BCUT2D eigenvalue weighted by molar-refractivity contribution is -0.169. The zero-order valence-electron chi connectivity index (χ0n) is 13.5. The Morgan fingerprint density at radius 2 is 2.04 bits per heavy atom. The van der Waals surface area contributed by atoms with Gasteiger partial charge >= 0.3 is 0 Å². The van der Waals surface area contributed by atoms with Crippen molar-refractivity contribution in [1.82, 2.24) is 24.4 Å². The Hall–Kier alpha value is -2.81. The number of carbonyl (C=O) groups excluding carboxylic acids is 2. The largest absolute Gasteiger partial charge is 0.367 e. The Morgan fingerprint density at radius 1 is 1.24 bits per heavy atom. The van der Waals surface area contributed by atoms with Crippen LogP contribution < -0.4 is 5.73 Å². The van der Waals surface area contributed by atoms with E-state index in [0.717, 1.165) is 5.82 Å². The fraction of sp³-hybridized carbons (Fsp3) is 0.438. The highest BCUT2D eigenvalue weighted by Gasteiger charge is 2.47. The van der Waals surface area contributed by atoms with E-state index in [1.54, 1.807) is 23.4 Å². The molecule has 9 nitrogen and oxygen atoms in total. The third kappa shape index (κ3) is 2.66. The van der Waals surface area contributed by atoms with Gasteiger partial charge in [-0.2, -0.15) is 0 Å². The molecule has 0 aromatic carbocycles. The normalized spacial score (nSPS) is 21.8. The van der Waals surface area contributed by atoms with Gasteiger partial charge in [-0.3, -0.25) is 9.59 Å². The number of fused-ring (bicyclic) bond motifs is 2. The van der Waals surface area contributed by atoms with Crippen molar-refractivity contribution >= 4 is 11.8 Å². The molecule has 1 atom stereocenters. The number of nitrogens with two attached hydrogens (primary N) is 1. The van der Waals surface area contributed by atoms with Gasteiger partial charge in [-0.05, 0) is 6.07 Å². The van der Waals surface area contributed by atoms with E-state index in [2.05, 4.69) is 15.0 Å². The van der Waals surface area contributed by atoms with Gasteiger partial charge in [-0.1, -0.05) is 0 Å². The molecule has 1 fully saturated rings. The molecule has 4 rings (SSSR count). The summed E-state index contributed by atoms with van der Waals surface area (Å²) >= 11 is 0. The number of carbonyl (C=O) groups is 2. The van der Waals surface area contributed by atoms with Crippen LogP contribution >= 0.6 is 0 Å². The van der Waals surface area contributed by atoms with E-state index < -0.39 is 17.6 Å². The number of aromatic nitrogens is 4. The second-order valence-electron chi connectivity index (χ2n) is 6.29. The second-order valence-corrected chi connectivity index (χ2v) is 6.29. The number of amides is 2. The number of hydrogen-bond acceptors (Lipinski definition) is 6. The number of rotatable bonds is 2. The first-order valence-electron chi connectivity index (χ1n) is 8.13. The molecular formula is C16H18N6O3. The van der Waals surface area contributed by atoms with E-state index in [-0.39, 0.29) is 5.91 Å². The maximum Gasteiger partial charge on any atom is 0.272 e. The molecule has 4 heterocycles. The molecule has 2 aromatic rings. The lowest BCUT2D eigenvalue weighted by atomic mass is 9.88. The smallest absolute Gasteiger partial charge is 0.272 e. The number of nitrogens with zero attached hydrogens (tertiary/aromatic N) is 5. The highest BCUT2D eigenvalue weighted by Crippen LogP contribution is 2.40. The highest BCUT2D eigenvalue weighted by atomic mass is 16.5. The van der Waals surface area contributed by atoms with E-state index >= 15 is 0 Å². The predicted octanol–water partition coefficient (Wildman–Crippen LogP) is -0.311. The summed E-state index contributed by atoms with van der Waals surface area (Å²) in [6.07, 6.45) is 6.83. The molecule has 130 valence electrons. The number of primary amides is 1. The van der Waals surface area contributed by atoms with Crippen LogP contribution in [0.2, 0.25) is 0 Å². The zero-order valence-corrected chi connectivity index (χ0v) is 13.5. The maximum atomic E-state index is 12.5. The van der Waals surface area contributed by atoms with Crippen molar-refractivity contribution < 1.29 is 14.3 Å². The molecular weight excluding hydrogens is 324 g/mol. The molecule has 0 bridgehead atoms. The first-order chi connectivity index (χ1) is 12.1. The minimum atomic E-state index is -0.691. The fourth-order valence-corrected chi connectivity index (χ4v) is 3.54. The quantitative estimate of drug-likeness (QED) is 0.800. The zero-order chi connectivity index (χ0) is 17.4. The first-order valence-corrected chi connectivity index (χ1v) is 8.13. The summed E-state index contributed by atoms with van der Waals surface area (Å²) in [7, 11) is 0. The van der Waals surface area contributed by atoms with Gasteiger partial charge in [0, 0.05) is 44.5 Å². The van der Waals surface area contributed by atoms with E-state index in [9.17, 15) is 9.59 Å². The van der Waals surface area contributed by atoms with Gasteiger partial charge in [-0.15, -0.1) is 0 Å².